The molecule has 0 fully saturated rings. The summed E-state index contributed by atoms with van der Waals surface area (Å²) < 4.78 is 32.0. The van der Waals surface area contributed by atoms with Gasteiger partial charge >= 0.3 is 0 Å². The molecule has 0 aromatic heterocycles. The fraction of sp³-hybridized carbons (Fsp3) is 0.0714. The van der Waals surface area contributed by atoms with Crippen LogP contribution in [0.5, 0.6) is 5.75 Å². The maximum Gasteiger partial charge on any atom is 0.261 e. The molecule has 2 rings (SSSR count). The lowest BCUT2D eigenvalue weighted by Gasteiger charge is -2.11. The van der Waals surface area contributed by atoms with Crippen LogP contribution in [0.4, 0.5) is 5.69 Å². The van der Waals surface area contributed by atoms with Crippen molar-refractivity contribution < 1.29 is 17.9 Å². The molecule has 0 spiro atoms. The Hall–Kier alpha value is -2.25. The Morgan fingerprint density at radius 2 is 1.95 bits per heavy atom. The van der Waals surface area contributed by atoms with E-state index in [1.807, 2.05) is 0 Å². The predicted molar refractivity (Wildman–Crippen MR) is 83.8 cm³/mol. The number of sulfonamides is 1. The molecule has 3 N–H and O–H groups in total. The summed E-state index contributed by atoms with van der Waals surface area (Å²) in [6.45, 7) is 0. The van der Waals surface area contributed by atoms with E-state index in [4.69, 9.17) is 22.1 Å². The van der Waals surface area contributed by atoms with E-state index in [1.54, 1.807) is 18.2 Å². The van der Waals surface area contributed by atoms with Gasteiger partial charge in [0, 0.05) is 5.02 Å². The van der Waals surface area contributed by atoms with E-state index < -0.39 is 15.9 Å². The van der Waals surface area contributed by atoms with Crippen LogP contribution in [0.25, 0.3) is 0 Å². The lowest BCUT2D eigenvalue weighted by Crippen LogP contribution is -2.16. The number of amides is 1. The van der Waals surface area contributed by atoms with Crippen molar-refractivity contribution in [3.8, 4) is 5.75 Å². The Morgan fingerprint density at radius 1 is 1.23 bits per heavy atom. The van der Waals surface area contributed by atoms with Crippen molar-refractivity contribution in [3.05, 3.63) is 53.1 Å². The maximum absolute atomic E-state index is 12.3. The third-order valence-electron chi connectivity index (χ3n) is 2.82. The van der Waals surface area contributed by atoms with E-state index in [2.05, 4.69) is 4.72 Å². The highest BCUT2D eigenvalue weighted by Crippen LogP contribution is 2.24. The van der Waals surface area contributed by atoms with Crippen LogP contribution in [-0.4, -0.2) is 21.4 Å². The third-order valence-corrected chi connectivity index (χ3v) is 4.44. The van der Waals surface area contributed by atoms with E-state index in [1.165, 1.54) is 25.3 Å². The van der Waals surface area contributed by atoms with Crippen molar-refractivity contribution in [1.29, 1.82) is 0 Å². The molecule has 0 saturated carbocycles. The summed E-state index contributed by atoms with van der Waals surface area (Å²) in [6.07, 6.45) is 0. The Morgan fingerprint density at radius 3 is 2.55 bits per heavy atom. The second kappa shape index (κ2) is 6.25. The molecule has 0 aliphatic heterocycles. The summed E-state index contributed by atoms with van der Waals surface area (Å²) >= 11 is 5.81. The van der Waals surface area contributed by atoms with Gasteiger partial charge in [0.05, 0.1) is 23.3 Å². The monoisotopic (exact) mass is 340 g/mol. The standard InChI is InChI=1S/C14H13ClN2O4S/c1-21-13-6-5-11(8-12(13)14(16)18)22(19,20)17-10-4-2-3-9(15)7-10/h2-8,17H,1H3,(H2,16,18). The number of methoxy groups -OCH3 is 1. The molecule has 0 heterocycles. The molecule has 116 valence electrons. The Balaban J connectivity index is 2.41. The lowest BCUT2D eigenvalue weighted by atomic mass is 10.2. The van der Waals surface area contributed by atoms with E-state index in [0.717, 1.165) is 6.07 Å². The molecule has 0 radical (unpaired) electrons. The molecule has 0 saturated heterocycles. The van der Waals surface area contributed by atoms with Crippen LogP contribution in [0.1, 0.15) is 10.4 Å². The topological polar surface area (TPSA) is 98.5 Å². The van der Waals surface area contributed by atoms with Crippen LogP contribution in [-0.2, 0) is 10.0 Å². The molecule has 2 aromatic rings. The van der Waals surface area contributed by atoms with Gasteiger partial charge < -0.3 is 10.5 Å². The van der Waals surface area contributed by atoms with Crippen LogP contribution >= 0.6 is 11.6 Å². The van der Waals surface area contributed by atoms with E-state index in [0.29, 0.717) is 10.7 Å². The van der Waals surface area contributed by atoms with Gasteiger partial charge in [0.2, 0.25) is 0 Å². The number of ether oxygens (including phenoxy) is 1. The molecular weight excluding hydrogens is 328 g/mol. The van der Waals surface area contributed by atoms with Crippen LogP contribution in [0.3, 0.4) is 0 Å². The Bertz CT molecular complexity index is 821. The highest BCUT2D eigenvalue weighted by atomic mass is 35.5. The van der Waals surface area contributed by atoms with E-state index in [9.17, 15) is 13.2 Å². The van der Waals surface area contributed by atoms with Gasteiger partial charge in [-0.3, -0.25) is 9.52 Å². The minimum atomic E-state index is -3.88. The fourth-order valence-corrected chi connectivity index (χ4v) is 3.08. The molecule has 0 unspecified atom stereocenters. The zero-order valence-electron chi connectivity index (χ0n) is 11.5. The summed E-state index contributed by atoms with van der Waals surface area (Å²) in [5.41, 5.74) is 5.52. The number of halogens is 1. The Kier molecular flexibility index (Phi) is 4.58. The average molecular weight is 341 g/mol. The molecule has 8 heteroatoms. The molecule has 2 aromatic carbocycles. The molecule has 0 aliphatic carbocycles. The van der Waals surface area contributed by atoms with Gasteiger partial charge in [0.1, 0.15) is 5.75 Å². The summed E-state index contributed by atoms with van der Waals surface area (Å²) in [4.78, 5) is 11.3. The van der Waals surface area contributed by atoms with Crippen LogP contribution in [0.2, 0.25) is 5.02 Å². The zero-order valence-corrected chi connectivity index (χ0v) is 13.1. The number of nitrogens with one attached hydrogen (secondary N) is 1. The van der Waals surface area contributed by atoms with Crippen molar-refractivity contribution in [2.75, 3.05) is 11.8 Å². The van der Waals surface area contributed by atoms with Gasteiger partial charge in [0.15, 0.2) is 0 Å². The van der Waals surface area contributed by atoms with Crippen molar-refractivity contribution in [1.82, 2.24) is 0 Å². The third kappa shape index (κ3) is 3.49. The molecule has 6 nitrogen and oxygen atoms in total. The van der Waals surface area contributed by atoms with Gasteiger partial charge in [-0.25, -0.2) is 8.42 Å². The number of carbonyl (C=O) groups is 1. The quantitative estimate of drug-likeness (QED) is 0.872. The van der Waals surface area contributed by atoms with Gasteiger partial charge in [-0.15, -0.1) is 0 Å². The predicted octanol–water partition coefficient (Wildman–Crippen LogP) is 2.25. The van der Waals surface area contributed by atoms with Crippen LogP contribution < -0.4 is 15.2 Å². The summed E-state index contributed by atoms with van der Waals surface area (Å²) in [5.74, 6) is -0.578. The van der Waals surface area contributed by atoms with Crippen LogP contribution in [0.15, 0.2) is 47.4 Å². The molecule has 1 amide bonds. The fourth-order valence-electron chi connectivity index (χ4n) is 1.81. The van der Waals surface area contributed by atoms with Crippen molar-refractivity contribution >= 4 is 33.2 Å². The molecule has 22 heavy (non-hydrogen) atoms. The van der Waals surface area contributed by atoms with Gasteiger partial charge in [0.25, 0.3) is 15.9 Å². The van der Waals surface area contributed by atoms with E-state index >= 15 is 0 Å². The summed E-state index contributed by atoms with van der Waals surface area (Å²) in [5, 5.41) is 0.396. The minimum absolute atomic E-state index is 0.0172. The molecular formula is C14H13ClN2O4S. The van der Waals surface area contributed by atoms with Gasteiger partial charge in [-0.05, 0) is 36.4 Å². The first-order valence-electron chi connectivity index (χ1n) is 6.10. The highest BCUT2D eigenvalue weighted by molar-refractivity contribution is 7.92. The average Bonchev–Trinajstić information content (AvgIpc) is 2.46. The smallest absolute Gasteiger partial charge is 0.261 e. The van der Waals surface area contributed by atoms with Gasteiger partial charge in [-0.1, -0.05) is 17.7 Å². The lowest BCUT2D eigenvalue weighted by molar-refractivity contribution is 0.0997. The molecule has 0 aliphatic rings. The summed E-state index contributed by atoms with van der Waals surface area (Å²) in [7, 11) is -2.52. The van der Waals surface area contributed by atoms with Crippen molar-refractivity contribution in [2.45, 2.75) is 4.90 Å². The number of hydrogen-bond donors (Lipinski definition) is 2. The van der Waals surface area contributed by atoms with Crippen molar-refractivity contribution in [3.63, 3.8) is 0 Å². The second-order valence-corrected chi connectivity index (χ2v) is 6.46. The van der Waals surface area contributed by atoms with Gasteiger partial charge in [-0.2, -0.15) is 0 Å². The molecule has 0 bridgehead atoms. The number of rotatable bonds is 5. The maximum atomic E-state index is 12.3. The number of benzene rings is 2. The second-order valence-electron chi connectivity index (χ2n) is 4.34. The first kappa shape index (κ1) is 16.1. The number of nitrogens with two attached hydrogens (primary N) is 1. The first-order valence-corrected chi connectivity index (χ1v) is 7.96. The number of anilines is 1. The van der Waals surface area contributed by atoms with Crippen LogP contribution in [0, 0.1) is 0 Å². The van der Waals surface area contributed by atoms with E-state index in [-0.39, 0.29) is 16.2 Å². The first-order chi connectivity index (χ1) is 10.3. The Labute approximate surface area is 132 Å². The highest BCUT2D eigenvalue weighted by Gasteiger charge is 2.18. The SMILES string of the molecule is COc1ccc(S(=O)(=O)Nc2cccc(Cl)c2)cc1C(N)=O. The number of hydrogen-bond acceptors (Lipinski definition) is 4. The normalized spacial score (nSPS) is 11.0. The number of carbonyl (C=O) groups excluding carboxylic acids is 1. The number of primary amides is 1. The zero-order chi connectivity index (χ0) is 16.3. The minimum Gasteiger partial charge on any atom is -0.496 e. The largest absolute Gasteiger partial charge is 0.496 e. The summed E-state index contributed by atoms with van der Waals surface area (Å²) in [6, 6.07) is 10.1. The molecule has 0 atom stereocenters. The van der Waals surface area contributed by atoms with Crippen molar-refractivity contribution in [2.24, 2.45) is 5.73 Å².